The van der Waals surface area contributed by atoms with Crippen LogP contribution in [0.1, 0.15) is 11.3 Å². The normalized spacial score (nSPS) is 10.6. The second kappa shape index (κ2) is 6.08. The van der Waals surface area contributed by atoms with E-state index in [0.717, 1.165) is 24.5 Å². The van der Waals surface area contributed by atoms with E-state index in [1.165, 1.54) is 5.56 Å². The smallest absolute Gasteiger partial charge is 0.115 e. The van der Waals surface area contributed by atoms with Gasteiger partial charge < -0.3 is 9.88 Å². The van der Waals surface area contributed by atoms with Crippen LogP contribution >= 0.6 is 0 Å². The Balaban J connectivity index is 1.56. The molecule has 1 N–H and O–H groups in total. The van der Waals surface area contributed by atoms with Crippen molar-refractivity contribution in [3.8, 4) is 5.69 Å². The number of hydrogen-bond donors (Lipinski definition) is 1. The molecular formula is C15H15N5. The number of imidazole rings is 1. The predicted molar refractivity (Wildman–Crippen MR) is 76.1 cm³/mol. The lowest BCUT2D eigenvalue weighted by atomic mass is 10.2. The summed E-state index contributed by atoms with van der Waals surface area (Å²) in [5.41, 5.74) is 3.35. The third-order valence-corrected chi connectivity index (χ3v) is 3.02. The number of rotatable bonds is 5. The maximum absolute atomic E-state index is 4.17. The molecule has 0 saturated heterocycles. The van der Waals surface area contributed by atoms with E-state index in [1.807, 2.05) is 16.8 Å². The minimum Gasteiger partial charge on any atom is -0.307 e. The predicted octanol–water partition coefficient (Wildman–Crippen LogP) is 1.95. The van der Waals surface area contributed by atoms with E-state index >= 15 is 0 Å². The van der Waals surface area contributed by atoms with Crippen LogP contribution in [0.5, 0.6) is 0 Å². The van der Waals surface area contributed by atoms with Crippen LogP contribution in [0.4, 0.5) is 0 Å². The molecule has 1 aromatic carbocycles. The number of aromatic nitrogens is 4. The first-order valence-electron chi connectivity index (χ1n) is 6.45. The molecule has 0 unspecified atom stereocenters. The first kappa shape index (κ1) is 12.5. The number of benzene rings is 1. The van der Waals surface area contributed by atoms with Crippen LogP contribution in [0.15, 0.2) is 61.6 Å². The van der Waals surface area contributed by atoms with Gasteiger partial charge in [0.25, 0.3) is 0 Å². The Labute approximate surface area is 117 Å². The van der Waals surface area contributed by atoms with Gasteiger partial charge in [0, 0.05) is 37.4 Å². The fourth-order valence-corrected chi connectivity index (χ4v) is 1.96. The highest BCUT2D eigenvalue weighted by molar-refractivity contribution is 5.34. The topological polar surface area (TPSA) is 55.6 Å². The Kier molecular flexibility index (Phi) is 3.80. The van der Waals surface area contributed by atoms with Crippen LogP contribution in [0.2, 0.25) is 0 Å². The van der Waals surface area contributed by atoms with Gasteiger partial charge in [0.1, 0.15) is 6.33 Å². The molecule has 0 atom stereocenters. The van der Waals surface area contributed by atoms with Gasteiger partial charge in [-0.05, 0) is 23.8 Å². The molecule has 2 aromatic heterocycles. The lowest BCUT2D eigenvalue weighted by molar-refractivity contribution is 0.677. The summed E-state index contributed by atoms with van der Waals surface area (Å²) >= 11 is 0. The van der Waals surface area contributed by atoms with Crippen molar-refractivity contribution in [2.24, 2.45) is 0 Å². The molecule has 0 bridgehead atoms. The molecule has 0 amide bonds. The van der Waals surface area contributed by atoms with E-state index in [0.29, 0.717) is 0 Å². The second-order valence-corrected chi connectivity index (χ2v) is 4.44. The standard InChI is InChI=1S/C15H15N5/c1-3-15(20-8-7-17-12-20)4-2-13(1)9-18-10-14-5-6-16-11-19-14/h1-8,11-12,18H,9-10H2. The van der Waals surface area contributed by atoms with Gasteiger partial charge in [0.15, 0.2) is 0 Å². The molecule has 20 heavy (non-hydrogen) atoms. The number of nitrogens with one attached hydrogen (secondary N) is 1. The average Bonchev–Trinajstić information content (AvgIpc) is 3.03. The van der Waals surface area contributed by atoms with Crippen molar-refractivity contribution >= 4 is 0 Å². The third kappa shape index (κ3) is 3.07. The van der Waals surface area contributed by atoms with Crippen LogP contribution in [0, 0.1) is 0 Å². The summed E-state index contributed by atoms with van der Waals surface area (Å²) in [7, 11) is 0. The van der Waals surface area contributed by atoms with E-state index in [2.05, 4.69) is 44.5 Å². The molecule has 3 rings (SSSR count). The van der Waals surface area contributed by atoms with Crippen LogP contribution in [-0.2, 0) is 13.1 Å². The molecule has 5 nitrogen and oxygen atoms in total. The Morgan fingerprint density at radius 3 is 2.55 bits per heavy atom. The van der Waals surface area contributed by atoms with E-state index in [1.54, 1.807) is 25.0 Å². The van der Waals surface area contributed by atoms with Gasteiger partial charge in [-0.2, -0.15) is 0 Å². The minimum atomic E-state index is 0.742. The summed E-state index contributed by atoms with van der Waals surface area (Å²) in [4.78, 5) is 12.1. The fraction of sp³-hybridized carbons (Fsp3) is 0.133. The van der Waals surface area contributed by atoms with Crippen molar-refractivity contribution < 1.29 is 0 Å². The summed E-state index contributed by atoms with van der Waals surface area (Å²) in [5.74, 6) is 0. The molecule has 0 aliphatic rings. The monoisotopic (exact) mass is 265 g/mol. The number of hydrogen-bond acceptors (Lipinski definition) is 4. The van der Waals surface area contributed by atoms with Gasteiger partial charge in [-0.15, -0.1) is 0 Å². The van der Waals surface area contributed by atoms with E-state index in [9.17, 15) is 0 Å². The first-order valence-corrected chi connectivity index (χ1v) is 6.45. The molecule has 0 saturated carbocycles. The molecule has 2 heterocycles. The Hall–Kier alpha value is -2.53. The third-order valence-electron chi connectivity index (χ3n) is 3.02. The zero-order valence-corrected chi connectivity index (χ0v) is 11.0. The summed E-state index contributed by atoms with van der Waals surface area (Å²) in [6.45, 7) is 1.56. The molecule has 0 aliphatic carbocycles. The van der Waals surface area contributed by atoms with Gasteiger partial charge in [0.05, 0.1) is 12.0 Å². The van der Waals surface area contributed by atoms with Crippen molar-refractivity contribution in [2.75, 3.05) is 0 Å². The van der Waals surface area contributed by atoms with Gasteiger partial charge in [-0.25, -0.2) is 15.0 Å². The Morgan fingerprint density at radius 1 is 0.950 bits per heavy atom. The molecule has 100 valence electrons. The van der Waals surface area contributed by atoms with Gasteiger partial charge in [-0.3, -0.25) is 0 Å². The minimum absolute atomic E-state index is 0.742. The van der Waals surface area contributed by atoms with Crippen LogP contribution in [-0.4, -0.2) is 19.5 Å². The SMILES string of the molecule is c1cc(CNCc2ccc(-n3ccnc3)cc2)ncn1. The summed E-state index contributed by atoms with van der Waals surface area (Å²) in [5, 5.41) is 3.36. The largest absolute Gasteiger partial charge is 0.307 e. The summed E-state index contributed by atoms with van der Waals surface area (Å²) in [6, 6.07) is 10.3. The summed E-state index contributed by atoms with van der Waals surface area (Å²) < 4.78 is 1.98. The van der Waals surface area contributed by atoms with Crippen molar-refractivity contribution in [1.29, 1.82) is 0 Å². The first-order chi connectivity index (χ1) is 9.92. The molecule has 0 aliphatic heterocycles. The van der Waals surface area contributed by atoms with Crippen molar-refractivity contribution in [1.82, 2.24) is 24.8 Å². The fourth-order valence-electron chi connectivity index (χ4n) is 1.96. The Morgan fingerprint density at radius 2 is 1.85 bits per heavy atom. The van der Waals surface area contributed by atoms with E-state index in [-0.39, 0.29) is 0 Å². The number of nitrogens with zero attached hydrogens (tertiary/aromatic N) is 4. The molecule has 3 aromatic rings. The van der Waals surface area contributed by atoms with Crippen molar-refractivity contribution in [3.05, 3.63) is 72.8 Å². The lowest BCUT2D eigenvalue weighted by Gasteiger charge is -2.06. The Bertz CT molecular complexity index is 632. The van der Waals surface area contributed by atoms with Gasteiger partial charge >= 0.3 is 0 Å². The zero-order valence-electron chi connectivity index (χ0n) is 11.0. The second-order valence-electron chi connectivity index (χ2n) is 4.44. The van der Waals surface area contributed by atoms with Crippen LogP contribution in [0.25, 0.3) is 5.69 Å². The van der Waals surface area contributed by atoms with Crippen molar-refractivity contribution in [2.45, 2.75) is 13.1 Å². The highest BCUT2D eigenvalue weighted by Gasteiger charge is 1.97. The highest BCUT2D eigenvalue weighted by Crippen LogP contribution is 2.09. The molecule has 0 radical (unpaired) electrons. The molecule has 0 spiro atoms. The maximum Gasteiger partial charge on any atom is 0.115 e. The molecular weight excluding hydrogens is 250 g/mol. The van der Waals surface area contributed by atoms with E-state index in [4.69, 9.17) is 0 Å². The highest BCUT2D eigenvalue weighted by atomic mass is 15.0. The molecule has 5 heteroatoms. The average molecular weight is 265 g/mol. The maximum atomic E-state index is 4.17. The zero-order chi connectivity index (χ0) is 13.6. The van der Waals surface area contributed by atoms with Gasteiger partial charge in [0.2, 0.25) is 0 Å². The summed E-state index contributed by atoms with van der Waals surface area (Å²) in [6.07, 6.45) is 8.82. The van der Waals surface area contributed by atoms with Crippen LogP contribution in [0.3, 0.4) is 0 Å². The van der Waals surface area contributed by atoms with Gasteiger partial charge in [-0.1, -0.05) is 12.1 Å². The van der Waals surface area contributed by atoms with Crippen LogP contribution < -0.4 is 5.32 Å². The molecule has 0 fully saturated rings. The quantitative estimate of drug-likeness (QED) is 0.766. The lowest BCUT2D eigenvalue weighted by Crippen LogP contribution is -2.13. The van der Waals surface area contributed by atoms with Crippen molar-refractivity contribution in [3.63, 3.8) is 0 Å². The van der Waals surface area contributed by atoms with E-state index < -0.39 is 0 Å².